The molecule has 1 aliphatic carbocycles. The fourth-order valence-corrected chi connectivity index (χ4v) is 3.31. The first-order valence-corrected chi connectivity index (χ1v) is 7.13. The second-order valence-corrected chi connectivity index (χ2v) is 8.18. The van der Waals surface area contributed by atoms with Crippen LogP contribution in [0.4, 0.5) is 0 Å². The molecule has 1 rings (SSSR count). The van der Waals surface area contributed by atoms with E-state index in [-0.39, 0.29) is 16.4 Å². The monoisotopic (exact) mass is 265 g/mol. The first kappa shape index (κ1) is 16.3. The summed E-state index contributed by atoms with van der Waals surface area (Å²) in [6, 6.07) is 0. The van der Waals surface area contributed by atoms with Crippen LogP contribution >= 0.6 is 0 Å². The van der Waals surface area contributed by atoms with Crippen molar-refractivity contribution in [1.29, 1.82) is 0 Å². The van der Waals surface area contributed by atoms with E-state index in [2.05, 4.69) is 73.5 Å². The molecule has 19 heavy (non-hydrogen) atoms. The standard InChI is InChI=1S/C17H31NO/c1-12-10-13(15(2,3)4)14(19)17(11-12,18(8)9)16(5,6)7/h10,19H,11H2,1-9H3. The average Bonchev–Trinajstić information content (AvgIpc) is 2.16. The lowest BCUT2D eigenvalue weighted by molar-refractivity contribution is 0.0200. The first-order valence-electron chi connectivity index (χ1n) is 7.13. The maximum absolute atomic E-state index is 11.0. The number of aliphatic hydroxyl groups is 1. The van der Waals surface area contributed by atoms with Gasteiger partial charge in [0.25, 0.3) is 0 Å². The Hall–Kier alpha value is -0.760. The Bertz CT molecular complexity index is 416. The zero-order chi connectivity index (χ0) is 15.2. The van der Waals surface area contributed by atoms with Crippen molar-refractivity contribution >= 4 is 0 Å². The third-order valence-corrected chi connectivity index (χ3v) is 4.38. The summed E-state index contributed by atoms with van der Waals surface area (Å²) in [5.41, 5.74) is 2.01. The molecule has 0 aromatic heterocycles. The van der Waals surface area contributed by atoms with Crippen LogP contribution in [0.15, 0.2) is 23.0 Å². The number of aliphatic hydroxyl groups excluding tert-OH is 1. The van der Waals surface area contributed by atoms with Crippen LogP contribution in [0.25, 0.3) is 0 Å². The van der Waals surface area contributed by atoms with Gasteiger partial charge < -0.3 is 5.11 Å². The van der Waals surface area contributed by atoms with Crippen LogP contribution in [0, 0.1) is 10.8 Å². The van der Waals surface area contributed by atoms with Gasteiger partial charge in [-0.2, -0.15) is 0 Å². The number of hydrogen-bond donors (Lipinski definition) is 1. The molecule has 0 bridgehead atoms. The first-order chi connectivity index (χ1) is 8.34. The maximum Gasteiger partial charge on any atom is 0.117 e. The Balaban J connectivity index is 3.61. The van der Waals surface area contributed by atoms with E-state index in [1.54, 1.807) is 0 Å². The van der Waals surface area contributed by atoms with Crippen molar-refractivity contribution in [2.75, 3.05) is 14.1 Å². The van der Waals surface area contributed by atoms with Gasteiger partial charge in [0.05, 0.1) is 5.54 Å². The van der Waals surface area contributed by atoms with E-state index >= 15 is 0 Å². The summed E-state index contributed by atoms with van der Waals surface area (Å²) in [7, 11) is 4.14. The molecule has 1 N–H and O–H groups in total. The van der Waals surface area contributed by atoms with Gasteiger partial charge in [0, 0.05) is 0 Å². The van der Waals surface area contributed by atoms with Crippen LogP contribution < -0.4 is 0 Å². The third-order valence-electron chi connectivity index (χ3n) is 4.38. The van der Waals surface area contributed by atoms with Crippen LogP contribution in [0.2, 0.25) is 0 Å². The molecular weight excluding hydrogens is 234 g/mol. The lowest BCUT2D eigenvalue weighted by atomic mass is 9.63. The van der Waals surface area contributed by atoms with Gasteiger partial charge in [-0.15, -0.1) is 0 Å². The largest absolute Gasteiger partial charge is 0.510 e. The number of likely N-dealkylation sites (N-methyl/N-ethyl adjacent to an activating group) is 1. The SMILES string of the molecule is CC1=CC(C(C)(C)C)=C(O)C(N(C)C)(C(C)(C)C)C1. The van der Waals surface area contributed by atoms with Crippen LogP contribution in [-0.2, 0) is 0 Å². The second-order valence-electron chi connectivity index (χ2n) is 8.18. The molecule has 110 valence electrons. The molecular formula is C17H31NO. The molecule has 1 atom stereocenters. The zero-order valence-electron chi connectivity index (χ0n) is 14.2. The third kappa shape index (κ3) is 2.60. The summed E-state index contributed by atoms with van der Waals surface area (Å²) in [4.78, 5) is 2.19. The number of rotatable bonds is 1. The van der Waals surface area contributed by atoms with Gasteiger partial charge in [0.15, 0.2) is 0 Å². The van der Waals surface area contributed by atoms with E-state index in [1.807, 2.05) is 0 Å². The minimum absolute atomic E-state index is 0.0351. The highest BCUT2D eigenvalue weighted by Crippen LogP contribution is 2.49. The molecule has 0 fully saturated rings. The second kappa shape index (κ2) is 4.66. The van der Waals surface area contributed by atoms with Gasteiger partial charge in [0.2, 0.25) is 0 Å². The van der Waals surface area contributed by atoms with Gasteiger partial charge in [0.1, 0.15) is 5.76 Å². The summed E-state index contributed by atoms with van der Waals surface area (Å²) in [6.07, 6.45) is 3.05. The highest BCUT2D eigenvalue weighted by Gasteiger charge is 2.50. The molecule has 0 heterocycles. The highest BCUT2D eigenvalue weighted by atomic mass is 16.3. The number of allylic oxidation sites excluding steroid dienone is 2. The summed E-state index contributed by atoms with van der Waals surface area (Å²) in [6.45, 7) is 15.3. The number of nitrogens with zero attached hydrogens (tertiary/aromatic N) is 1. The van der Waals surface area contributed by atoms with Gasteiger partial charge in [-0.05, 0) is 43.8 Å². The van der Waals surface area contributed by atoms with Gasteiger partial charge in [-0.1, -0.05) is 53.2 Å². The van der Waals surface area contributed by atoms with E-state index in [1.165, 1.54) is 5.57 Å². The molecule has 0 spiro atoms. The van der Waals surface area contributed by atoms with Crippen LogP contribution in [0.5, 0.6) is 0 Å². The van der Waals surface area contributed by atoms with Crippen molar-refractivity contribution in [1.82, 2.24) is 4.90 Å². The van der Waals surface area contributed by atoms with Gasteiger partial charge in [-0.3, -0.25) is 4.90 Å². The molecule has 0 saturated carbocycles. The van der Waals surface area contributed by atoms with Crippen molar-refractivity contribution in [3.05, 3.63) is 23.0 Å². The molecule has 0 saturated heterocycles. The molecule has 0 amide bonds. The topological polar surface area (TPSA) is 23.5 Å². The fraction of sp³-hybridized carbons (Fsp3) is 0.765. The molecule has 0 aliphatic heterocycles. The predicted octanol–water partition coefficient (Wildman–Crippen LogP) is 4.54. The summed E-state index contributed by atoms with van der Waals surface area (Å²) >= 11 is 0. The normalized spacial score (nSPS) is 25.9. The number of hydrogen-bond acceptors (Lipinski definition) is 2. The average molecular weight is 265 g/mol. The maximum atomic E-state index is 11.0. The van der Waals surface area contributed by atoms with E-state index in [4.69, 9.17) is 0 Å². The van der Waals surface area contributed by atoms with E-state index in [0.717, 1.165) is 12.0 Å². The Kier molecular flexibility index (Phi) is 4.00. The van der Waals surface area contributed by atoms with Crippen molar-refractivity contribution in [2.45, 2.75) is 60.4 Å². The quantitative estimate of drug-likeness (QED) is 0.752. The summed E-state index contributed by atoms with van der Waals surface area (Å²) in [5.74, 6) is 0.545. The Morgan fingerprint density at radius 3 is 1.89 bits per heavy atom. The van der Waals surface area contributed by atoms with Gasteiger partial charge in [-0.25, -0.2) is 0 Å². The van der Waals surface area contributed by atoms with E-state index < -0.39 is 0 Å². The minimum Gasteiger partial charge on any atom is -0.510 e. The molecule has 0 radical (unpaired) electrons. The molecule has 0 aromatic rings. The lowest BCUT2D eigenvalue weighted by Gasteiger charge is -2.52. The highest BCUT2D eigenvalue weighted by molar-refractivity contribution is 5.42. The van der Waals surface area contributed by atoms with Crippen molar-refractivity contribution < 1.29 is 5.11 Å². The van der Waals surface area contributed by atoms with Crippen LogP contribution in [-0.4, -0.2) is 29.6 Å². The van der Waals surface area contributed by atoms with Gasteiger partial charge >= 0.3 is 0 Å². The molecule has 2 heteroatoms. The molecule has 1 aliphatic rings. The van der Waals surface area contributed by atoms with Crippen LogP contribution in [0.1, 0.15) is 54.9 Å². The molecule has 1 unspecified atom stereocenters. The Morgan fingerprint density at radius 1 is 1.11 bits per heavy atom. The Labute approximate surface area is 119 Å². The summed E-state index contributed by atoms with van der Waals surface area (Å²) < 4.78 is 0. The van der Waals surface area contributed by atoms with Crippen molar-refractivity contribution in [3.8, 4) is 0 Å². The van der Waals surface area contributed by atoms with E-state index in [9.17, 15) is 5.11 Å². The van der Waals surface area contributed by atoms with E-state index in [0.29, 0.717) is 5.76 Å². The Morgan fingerprint density at radius 2 is 1.58 bits per heavy atom. The fourth-order valence-electron chi connectivity index (χ4n) is 3.31. The van der Waals surface area contributed by atoms with Crippen molar-refractivity contribution in [2.24, 2.45) is 10.8 Å². The smallest absolute Gasteiger partial charge is 0.117 e. The lowest BCUT2D eigenvalue weighted by Crippen LogP contribution is -2.57. The minimum atomic E-state index is -0.325. The zero-order valence-corrected chi connectivity index (χ0v) is 14.2. The van der Waals surface area contributed by atoms with Crippen molar-refractivity contribution in [3.63, 3.8) is 0 Å². The predicted molar refractivity (Wildman–Crippen MR) is 83.4 cm³/mol. The summed E-state index contributed by atoms with van der Waals surface area (Å²) in [5, 5.41) is 11.0. The van der Waals surface area contributed by atoms with Crippen LogP contribution in [0.3, 0.4) is 0 Å². The molecule has 0 aromatic carbocycles. The molecule has 2 nitrogen and oxygen atoms in total.